The summed E-state index contributed by atoms with van der Waals surface area (Å²) in [6, 6.07) is 11.6. The summed E-state index contributed by atoms with van der Waals surface area (Å²) in [6.07, 6.45) is 6.44. The zero-order valence-electron chi connectivity index (χ0n) is 15.7. The van der Waals surface area contributed by atoms with Crippen LogP contribution in [0.5, 0.6) is 0 Å². The van der Waals surface area contributed by atoms with Gasteiger partial charge in [-0.2, -0.15) is 5.10 Å². The lowest BCUT2D eigenvalue weighted by Gasteiger charge is -2.20. The van der Waals surface area contributed by atoms with Crippen LogP contribution in [0, 0.1) is 0 Å². The molecule has 0 bridgehead atoms. The van der Waals surface area contributed by atoms with Gasteiger partial charge in [-0.1, -0.05) is 30.3 Å². The van der Waals surface area contributed by atoms with E-state index in [9.17, 15) is 4.79 Å². The van der Waals surface area contributed by atoms with E-state index in [0.29, 0.717) is 13.1 Å². The number of amides is 2. The smallest absolute Gasteiger partial charge is 0.315 e. The molecule has 2 aromatic heterocycles. The lowest BCUT2D eigenvalue weighted by Crippen LogP contribution is -2.39. The number of imidazole rings is 1. The molecule has 1 aliphatic rings. The normalized spacial score (nSPS) is 14.7. The molecule has 1 atom stereocenters. The molecule has 0 radical (unpaired) electrons. The number of nitrogens with zero attached hydrogens (tertiary/aromatic N) is 4. The number of fused-ring (bicyclic) bond motifs is 1. The lowest BCUT2D eigenvalue weighted by atomic mass is 10.1. The first-order valence-corrected chi connectivity index (χ1v) is 9.59. The Balaban J connectivity index is 1.37. The fourth-order valence-corrected chi connectivity index (χ4v) is 3.41. The van der Waals surface area contributed by atoms with Crippen LogP contribution >= 0.6 is 0 Å². The topological polar surface area (TPSA) is 88.8 Å². The number of rotatable bonds is 6. The van der Waals surface area contributed by atoms with Crippen molar-refractivity contribution in [3.63, 3.8) is 0 Å². The highest BCUT2D eigenvalue weighted by molar-refractivity contribution is 5.74. The van der Waals surface area contributed by atoms with Crippen molar-refractivity contribution >= 4 is 6.03 Å². The number of carbonyl (C=O) groups excluding carboxylic acids is 1. The summed E-state index contributed by atoms with van der Waals surface area (Å²) < 4.78 is 3.98. The predicted molar refractivity (Wildman–Crippen MR) is 105 cm³/mol. The van der Waals surface area contributed by atoms with Gasteiger partial charge in [0.25, 0.3) is 0 Å². The van der Waals surface area contributed by atoms with Crippen molar-refractivity contribution in [2.75, 3.05) is 6.54 Å². The Morgan fingerprint density at radius 3 is 3.00 bits per heavy atom. The maximum absolute atomic E-state index is 12.5. The third kappa shape index (κ3) is 4.58. The first kappa shape index (κ1) is 18.2. The molecule has 146 valence electrons. The Morgan fingerprint density at radius 2 is 2.18 bits per heavy atom. The van der Waals surface area contributed by atoms with Crippen molar-refractivity contribution in [1.82, 2.24) is 35.3 Å². The van der Waals surface area contributed by atoms with Gasteiger partial charge in [-0.05, 0) is 24.6 Å². The maximum atomic E-state index is 12.5. The predicted octanol–water partition coefficient (Wildman–Crippen LogP) is 1.81. The SMILES string of the molecule is O=C(NCc1cc2n(n1)CCCNC2)NC(Cn1ccnc1)c1ccccc1. The number of urea groups is 1. The summed E-state index contributed by atoms with van der Waals surface area (Å²) in [5.74, 6) is 0. The molecule has 3 aromatic rings. The molecule has 2 amide bonds. The van der Waals surface area contributed by atoms with E-state index in [4.69, 9.17) is 0 Å². The lowest BCUT2D eigenvalue weighted by molar-refractivity contribution is 0.235. The van der Waals surface area contributed by atoms with Crippen LogP contribution in [-0.2, 0) is 26.2 Å². The maximum Gasteiger partial charge on any atom is 0.315 e. The van der Waals surface area contributed by atoms with Gasteiger partial charge in [0.1, 0.15) is 0 Å². The Labute approximate surface area is 164 Å². The van der Waals surface area contributed by atoms with Crippen molar-refractivity contribution in [3.8, 4) is 0 Å². The van der Waals surface area contributed by atoms with Crippen LogP contribution in [0.4, 0.5) is 4.79 Å². The molecule has 0 saturated heterocycles. The zero-order chi connectivity index (χ0) is 19.2. The quantitative estimate of drug-likeness (QED) is 0.609. The van der Waals surface area contributed by atoms with Gasteiger partial charge in [-0.3, -0.25) is 4.68 Å². The number of aromatic nitrogens is 4. The second-order valence-corrected chi connectivity index (χ2v) is 6.93. The molecule has 0 fully saturated rings. The molecule has 1 aromatic carbocycles. The van der Waals surface area contributed by atoms with Crippen LogP contribution in [-0.4, -0.2) is 31.9 Å². The third-order valence-corrected chi connectivity index (χ3v) is 4.83. The number of benzene rings is 1. The summed E-state index contributed by atoms with van der Waals surface area (Å²) in [5, 5.41) is 14.0. The molecule has 4 rings (SSSR count). The summed E-state index contributed by atoms with van der Waals surface area (Å²) in [4.78, 5) is 16.6. The largest absolute Gasteiger partial charge is 0.335 e. The first-order chi connectivity index (χ1) is 13.8. The molecule has 0 spiro atoms. The summed E-state index contributed by atoms with van der Waals surface area (Å²) in [7, 11) is 0. The Hall–Kier alpha value is -3.13. The molecule has 0 saturated carbocycles. The van der Waals surface area contributed by atoms with Gasteiger partial charge in [-0.25, -0.2) is 9.78 Å². The van der Waals surface area contributed by atoms with Gasteiger partial charge in [-0.15, -0.1) is 0 Å². The Morgan fingerprint density at radius 1 is 1.29 bits per heavy atom. The number of nitrogens with one attached hydrogen (secondary N) is 3. The summed E-state index contributed by atoms with van der Waals surface area (Å²) in [6.45, 7) is 3.76. The van der Waals surface area contributed by atoms with Gasteiger partial charge in [0, 0.05) is 32.0 Å². The molecule has 1 unspecified atom stereocenters. The van der Waals surface area contributed by atoms with Crippen molar-refractivity contribution in [3.05, 3.63) is 72.1 Å². The van der Waals surface area contributed by atoms with E-state index < -0.39 is 0 Å². The Bertz CT molecular complexity index is 865. The van der Waals surface area contributed by atoms with Crippen LogP contribution in [0.3, 0.4) is 0 Å². The number of hydrogen-bond donors (Lipinski definition) is 3. The van der Waals surface area contributed by atoms with E-state index >= 15 is 0 Å². The molecule has 8 heteroatoms. The van der Waals surface area contributed by atoms with E-state index in [1.165, 1.54) is 0 Å². The highest BCUT2D eigenvalue weighted by atomic mass is 16.2. The zero-order valence-corrected chi connectivity index (χ0v) is 15.7. The monoisotopic (exact) mass is 379 g/mol. The van der Waals surface area contributed by atoms with Crippen LogP contribution in [0.1, 0.15) is 29.4 Å². The molecule has 0 aliphatic carbocycles. The highest BCUT2D eigenvalue weighted by Gasteiger charge is 2.16. The molecule has 28 heavy (non-hydrogen) atoms. The molecular formula is C20H25N7O. The Kier molecular flexibility index (Phi) is 5.67. The minimum absolute atomic E-state index is 0.154. The van der Waals surface area contributed by atoms with Gasteiger partial charge in [0.15, 0.2) is 0 Å². The molecule has 3 heterocycles. The average molecular weight is 379 g/mol. The van der Waals surface area contributed by atoms with Gasteiger partial charge < -0.3 is 20.5 Å². The first-order valence-electron chi connectivity index (χ1n) is 9.59. The number of aryl methyl sites for hydroxylation is 1. The third-order valence-electron chi connectivity index (χ3n) is 4.83. The van der Waals surface area contributed by atoms with Gasteiger partial charge in [0.2, 0.25) is 0 Å². The van der Waals surface area contributed by atoms with E-state index in [-0.39, 0.29) is 12.1 Å². The van der Waals surface area contributed by atoms with Crippen molar-refractivity contribution in [1.29, 1.82) is 0 Å². The highest BCUT2D eigenvalue weighted by Crippen LogP contribution is 2.15. The van der Waals surface area contributed by atoms with E-state index in [2.05, 4.69) is 32.1 Å². The number of hydrogen-bond acceptors (Lipinski definition) is 4. The number of carbonyl (C=O) groups is 1. The van der Waals surface area contributed by atoms with Crippen LogP contribution < -0.4 is 16.0 Å². The minimum Gasteiger partial charge on any atom is -0.335 e. The standard InChI is InChI=1S/C20H25N7O/c28-20(23-12-17-11-18-13-21-7-4-9-27(18)25-17)24-19(14-26-10-8-22-15-26)16-5-2-1-3-6-16/h1-3,5-6,8,10-11,15,19,21H,4,7,9,12-14H2,(H2,23,24,28). The molecule has 3 N–H and O–H groups in total. The molecular weight excluding hydrogens is 354 g/mol. The van der Waals surface area contributed by atoms with Gasteiger partial charge >= 0.3 is 6.03 Å². The van der Waals surface area contributed by atoms with Gasteiger partial charge in [0.05, 0.1) is 30.3 Å². The van der Waals surface area contributed by atoms with E-state index in [1.54, 1.807) is 12.5 Å². The van der Waals surface area contributed by atoms with Crippen molar-refractivity contribution < 1.29 is 4.79 Å². The fraction of sp³-hybridized carbons (Fsp3) is 0.350. The summed E-state index contributed by atoms with van der Waals surface area (Å²) in [5.41, 5.74) is 3.09. The van der Waals surface area contributed by atoms with Crippen molar-refractivity contribution in [2.24, 2.45) is 0 Å². The molecule has 1 aliphatic heterocycles. The van der Waals surface area contributed by atoms with E-state index in [1.807, 2.05) is 45.8 Å². The summed E-state index contributed by atoms with van der Waals surface area (Å²) >= 11 is 0. The molecule has 8 nitrogen and oxygen atoms in total. The van der Waals surface area contributed by atoms with Crippen LogP contribution in [0.15, 0.2) is 55.1 Å². The average Bonchev–Trinajstić information content (AvgIpc) is 3.32. The second kappa shape index (κ2) is 8.71. The van der Waals surface area contributed by atoms with E-state index in [0.717, 1.165) is 43.0 Å². The fourth-order valence-electron chi connectivity index (χ4n) is 3.41. The second-order valence-electron chi connectivity index (χ2n) is 6.93. The van der Waals surface area contributed by atoms with Crippen molar-refractivity contribution in [2.45, 2.75) is 38.6 Å². The van der Waals surface area contributed by atoms with Crippen LogP contribution in [0.25, 0.3) is 0 Å². The van der Waals surface area contributed by atoms with Crippen LogP contribution in [0.2, 0.25) is 0 Å². The minimum atomic E-state index is -0.213.